The molecular formula is C22H24FN3O. The molecule has 1 amide bonds. The number of hydrogen-bond donors (Lipinski definition) is 1. The minimum atomic E-state index is -0.327. The monoisotopic (exact) mass is 365 g/mol. The number of carbonyl (C=O) groups is 1. The van der Waals surface area contributed by atoms with Gasteiger partial charge < -0.3 is 14.8 Å². The van der Waals surface area contributed by atoms with Crippen molar-refractivity contribution in [2.45, 2.75) is 13.3 Å². The Morgan fingerprint density at radius 1 is 1.22 bits per heavy atom. The summed E-state index contributed by atoms with van der Waals surface area (Å²) in [5, 5.41) is 0.767. The van der Waals surface area contributed by atoms with Crippen molar-refractivity contribution in [2.75, 3.05) is 31.6 Å². The first-order chi connectivity index (χ1) is 13.0. The molecule has 0 spiro atoms. The summed E-state index contributed by atoms with van der Waals surface area (Å²) in [5.41, 5.74) is 2.92. The fourth-order valence-corrected chi connectivity index (χ4v) is 4.05. The summed E-state index contributed by atoms with van der Waals surface area (Å²) in [6, 6.07) is 15.3. The molecule has 0 saturated carbocycles. The second-order valence-electron chi connectivity index (χ2n) is 7.41. The third-order valence-corrected chi connectivity index (χ3v) is 5.54. The summed E-state index contributed by atoms with van der Waals surface area (Å²) in [4.78, 5) is 20.1. The van der Waals surface area contributed by atoms with Crippen molar-refractivity contribution < 1.29 is 9.18 Å². The molecule has 1 atom stereocenters. The van der Waals surface area contributed by atoms with Gasteiger partial charge in [0.15, 0.2) is 0 Å². The maximum absolute atomic E-state index is 14.0. The van der Waals surface area contributed by atoms with Crippen molar-refractivity contribution in [1.82, 2.24) is 9.88 Å². The van der Waals surface area contributed by atoms with Crippen LogP contribution < -0.4 is 4.90 Å². The highest BCUT2D eigenvalue weighted by molar-refractivity contribution is 6.00. The van der Waals surface area contributed by atoms with Gasteiger partial charge in [0.25, 0.3) is 5.91 Å². The van der Waals surface area contributed by atoms with Crippen molar-refractivity contribution >= 4 is 22.5 Å². The predicted molar refractivity (Wildman–Crippen MR) is 107 cm³/mol. The van der Waals surface area contributed by atoms with E-state index in [2.05, 4.69) is 34.1 Å². The predicted octanol–water partition coefficient (Wildman–Crippen LogP) is 4.21. The van der Waals surface area contributed by atoms with Gasteiger partial charge in [-0.05, 0) is 43.0 Å². The largest absolute Gasteiger partial charge is 0.371 e. The van der Waals surface area contributed by atoms with Crippen LogP contribution >= 0.6 is 0 Å². The number of anilines is 1. The first-order valence-corrected chi connectivity index (χ1v) is 9.37. The average Bonchev–Trinajstić information content (AvgIpc) is 3.28. The molecule has 3 aromatic rings. The van der Waals surface area contributed by atoms with Crippen molar-refractivity contribution in [3.8, 4) is 0 Å². The van der Waals surface area contributed by atoms with Crippen LogP contribution in [-0.2, 0) is 0 Å². The third kappa shape index (κ3) is 3.29. The number of nitrogens with zero attached hydrogens (tertiary/aromatic N) is 2. The highest BCUT2D eigenvalue weighted by Crippen LogP contribution is 2.26. The Morgan fingerprint density at radius 2 is 2.00 bits per heavy atom. The molecular weight excluding hydrogens is 341 g/mol. The van der Waals surface area contributed by atoms with E-state index in [-0.39, 0.29) is 11.7 Å². The molecule has 4 rings (SSSR count). The molecule has 4 nitrogen and oxygen atoms in total. The number of fused-ring (bicyclic) bond motifs is 1. The van der Waals surface area contributed by atoms with Crippen LogP contribution in [-0.4, -0.2) is 42.5 Å². The van der Waals surface area contributed by atoms with Crippen LogP contribution in [0.5, 0.6) is 0 Å². The minimum Gasteiger partial charge on any atom is -0.371 e. The van der Waals surface area contributed by atoms with E-state index in [0.29, 0.717) is 23.7 Å². The van der Waals surface area contributed by atoms with E-state index in [1.807, 2.05) is 26.1 Å². The molecule has 1 N–H and O–H groups in total. The molecule has 1 saturated heterocycles. The van der Waals surface area contributed by atoms with E-state index in [1.54, 1.807) is 11.0 Å². The van der Waals surface area contributed by atoms with E-state index in [0.717, 1.165) is 30.5 Å². The van der Waals surface area contributed by atoms with E-state index in [1.165, 1.54) is 11.8 Å². The zero-order chi connectivity index (χ0) is 19.0. The van der Waals surface area contributed by atoms with Gasteiger partial charge >= 0.3 is 0 Å². The molecule has 0 unspecified atom stereocenters. The van der Waals surface area contributed by atoms with Crippen LogP contribution in [0.2, 0.25) is 0 Å². The summed E-state index contributed by atoms with van der Waals surface area (Å²) in [6.45, 7) is 4.51. The third-order valence-electron chi connectivity index (χ3n) is 5.54. The lowest BCUT2D eigenvalue weighted by Gasteiger charge is -2.22. The van der Waals surface area contributed by atoms with E-state index in [9.17, 15) is 9.18 Å². The van der Waals surface area contributed by atoms with Gasteiger partial charge in [0.1, 0.15) is 11.5 Å². The maximum atomic E-state index is 14.0. The van der Waals surface area contributed by atoms with E-state index >= 15 is 0 Å². The Morgan fingerprint density at radius 3 is 2.74 bits per heavy atom. The Bertz CT molecular complexity index is 966. The van der Waals surface area contributed by atoms with Gasteiger partial charge in [0.05, 0.1) is 5.52 Å². The molecule has 1 aliphatic heterocycles. The Balaban J connectivity index is 1.46. The minimum absolute atomic E-state index is 0.0822. The van der Waals surface area contributed by atoms with Gasteiger partial charge in [0, 0.05) is 37.8 Å². The number of H-pyrrole nitrogens is 1. The summed E-state index contributed by atoms with van der Waals surface area (Å²) in [5.74, 6) is 0.0217. The number of carbonyl (C=O) groups excluding carboxylic acids is 1. The second kappa shape index (κ2) is 7.06. The fourth-order valence-electron chi connectivity index (χ4n) is 4.05. The number of halogens is 1. The number of rotatable bonds is 4. The number of benzene rings is 2. The van der Waals surface area contributed by atoms with Crippen LogP contribution in [0.3, 0.4) is 0 Å². The van der Waals surface area contributed by atoms with Crippen molar-refractivity contribution in [3.05, 3.63) is 65.6 Å². The molecule has 0 bridgehead atoms. The standard InChI is InChI=1S/C22H24FN3O/c1-15-18-9-6-10-19(23)21(18)24-20(15)22(27)25(2)13-16-11-12-26(14-16)17-7-4-3-5-8-17/h3-10,16,24H,11-14H2,1-2H3/t16-/m1/s1. The van der Waals surface area contributed by atoms with Crippen LogP contribution in [0.15, 0.2) is 48.5 Å². The molecule has 1 aliphatic rings. The molecule has 27 heavy (non-hydrogen) atoms. The summed E-state index contributed by atoms with van der Waals surface area (Å²) in [6.07, 6.45) is 1.06. The first kappa shape index (κ1) is 17.6. The van der Waals surface area contributed by atoms with Crippen LogP contribution in [0.4, 0.5) is 10.1 Å². The van der Waals surface area contributed by atoms with Crippen LogP contribution in [0.25, 0.3) is 10.9 Å². The fraction of sp³-hybridized carbons (Fsp3) is 0.318. The van der Waals surface area contributed by atoms with Gasteiger partial charge in [-0.25, -0.2) is 4.39 Å². The average molecular weight is 365 g/mol. The van der Waals surface area contributed by atoms with Crippen LogP contribution in [0, 0.1) is 18.7 Å². The number of aryl methyl sites for hydroxylation is 1. The number of hydrogen-bond acceptors (Lipinski definition) is 2. The smallest absolute Gasteiger partial charge is 0.270 e. The van der Waals surface area contributed by atoms with E-state index < -0.39 is 0 Å². The van der Waals surface area contributed by atoms with Crippen molar-refractivity contribution in [3.63, 3.8) is 0 Å². The lowest BCUT2D eigenvalue weighted by atomic mass is 10.1. The molecule has 5 heteroatoms. The highest BCUT2D eigenvalue weighted by atomic mass is 19.1. The number of nitrogens with one attached hydrogen (secondary N) is 1. The van der Waals surface area contributed by atoms with Gasteiger partial charge in [-0.2, -0.15) is 0 Å². The SMILES string of the molecule is Cc1c(C(=O)N(C)C[C@H]2CCN(c3ccccc3)C2)[nH]c2c(F)cccc12. The molecule has 140 valence electrons. The van der Waals surface area contributed by atoms with E-state index in [4.69, 9.17) is 0 Å². The molecule has 2 aromatic carbocycles. The zero-order valence-electron chi connectivity index (χ0n) is 15.7. The normalized spacial score (nSPS) is 16.9. The van der Waals surface area contributed by atoms with Crippen molar-refractivity contribution in [2.24, 2.45) is 5.92 Å². The molecule has 0 aliphatic carbocycles. The van der Waals surface area contributed by atoms with Crippen molar-refractivity contribution in [1.29, 1.82) is 0 Å². The summed E-state index contributed by atoms with van der Waals surface area (Å²) >= 11 is 0. The van der Waals surface area contributed by atoms with Gasteiger partial charge in [-0.3, -0.25) is 4.79 Å². The van der Waals surface area contributed by atoms with Crippen LogP contribution in [0.1, 0.15) is 22.5 Å². The number of aromatic nitrogens is 1. The summed E-state index contributed by atoms with van der Waals surface area (Å²) in [7, 11) is 1.83. The number of para-hydroxylation sites is 2. The molecule has 2 heterocycles. The molecule has 1 aromatic heterocycles. The molecule has 0 radical (unpaired) electrons. The topological polar surface area (TPSA) is 39.3 Å². The zero-order valence-corrected chi connectivity index (χ0v) is 15.7. The summed E-state index contributed by atoms with van der Waals surface area (Å²) < 4.78 is 14.0. The number of aromatic amines is 1. The van der Waals surface area contributed by atoms with Gasteiger partial charge in [-0.1, -0.05) is 30.3 Å². The first-order valence-electron chi connectivity index (χ1n) is 9.37. The highest BCUT2D eigenvalue weighted by Gasteiger charge is 2.27. The lowest BCUT2D eigenvalue weighted by Crippen LogP contribution is -2.33. The molecule has 1 fully saturated rings. The maximum Gasteiger partial charge on any atom is 0.270 e. The van der Waals surface area contributed by atoms with Gasteiger partial charge in [0.2, 0.25) is 0 Å². The Labute approximate surface area is 158 Å². The Kier molecular flexibility index (Phi) is 4.60. The quantitative estimate of drug-likeness (QED) is 0.752. The second-order valence-corrected chi connectivity index (χ2v) is 7.41. The van der Waals surface area contributed by atoms with Gasteiger partial charge in [-0.15, -0.1) is 0 Å². The Hall–Kier alpha value is -2.82. The number of amides is 1. The lowest BCUT2D eigenvalue weighted by molar-refractivity contribution is 0.0771.